The van der Waals surface area contributed by atoms with Crippen molar-refractivity contribution in [1.82, 2.24) is 10.6 Å². The monoisotopic (exact) mass is 410 g/mol. The van der Waals surface area contributed by atoms with E-state index in [1.165, 1.54) is 11.1 Å². The molecule has 2 aromatic carbocycles. The molecule has 1 aliphatic carbocycles. The Balaban J connectivity index is 1.44. The number of hydrogen-bond acceptors (Lipinski definition) is 2. The second-order valence-electron chi connectivity index (χ2n) is 7.90. The van der Waals surface area contributed by atoms with Gasteiger partial charge in [0, 0.05) is 41.6 Å². The van der Waals surface area contributed by atoms with Gasteiger partial charge >= 0.3 is 0 Å². The largest absolute Gasteiger partial charge is 0.357 e. The van der Waals surface area contributed by atoms with Crippen molar-refractivity contribution in [2.45, 2.75) is 37.5 Å². The van der Waals surface area contributed by atoms with Gasteiger partial charge in [-0.25, -0.2) is 0 Å². The van der Waals surface area contributed by atoms with E-state index in [9.17, 15) is 4.79 Å². The number of carbonyl (C=O) groups is 1. The van der Waals surface area contributed by atoms with Crippen LogP contribution in [0.4, 0.5) is 5.69 Å². The highest BCUT2D eigenvalue weighted by molar-refractivity contribution is 6.30. The maximum atomic E-state index is 12.1. The fraction of sp³-hybridized carbons (Fsp3) is 0.391. The van der Waals surface area contributed by atoms with Crippen molar-refractivity contribution in [3.05, 3.63) is 64.7 Å². The molecule has 1 fully saturated rings. The summed E-state index contributed by atoms with van der Waals surface area (Å²) in [5, 5.41) is 10.5. The molecular weight excluding hydrogens is 384 g/mol. The number of amides is 1. The second kappa shape index (κ2) is 8.46. The van der Waals surface area contributed by atoms with Crippen molar-refractivity contribution in [3.63, 3.8) is 0 Å². The molecule has 0 bridgehead atoms. The molecule has 0 radical (unpaired) electrons. The van der Waals surface area contributed by atoms with E-state index in [0.717, 1.165) is 42.6 Å². The van der Waals surface area contributed by atoms with Gasteiger partial charge in [0.05, 0.1) is 6.54 Å². The van der Waals surface area contributed by atoms with Crippen LogP contribution in [0.3, 0.4) is 0 Å². The van der Waals surface area contributed by atoms with Gasteiger partial charge in [-0.05, 0) is 49.1 Å². The lowest BCUT2D eigenvalue weighted by Gasteiger charge is -2.26. The van der Waals surface area contributed by atoms with Crippen LogP contribution < -0.4 is 16.0 Å². The molecule has 5 nitrogen and oxygen atoms in total. The quantitative estimate of drug-likeness (QED) is 0.497. The summed E-state index contributed by atoms with van der Waals surface area (Å²) in [6, 6.07) is 16.1. The van der Waals surface area contributed by atoms with Crippen LogP contribution in [0, 0.1) is 0 Å². The first kappa shape index (κ1) is 19.8. The summed E-state index contributed by atoms with van der Waals surface area (Å²) in [5.74, 6) is 0.992. The van der Waals surface area contributed by atoms with Crippen LogP contribution in [0.5, 0.6) is 0 Å². The van der Waals surface area contributed by atoms with E-state index >= 15 is 0 Å². The number of fused-ring (bicyclic) bond motifs is 1. The molecule has 1 heterocycles. The minimum atomic E-state index is 0.0651. The number of anilines is 1. The molecule has 2 aromatic rings. The van der Waals surface area contributed by atoms with E-state index < -0.39 is 0 Å². The predicted octanol–water partition coefficient (Wildman–Crippen LogP) is 4.05. The first-order valence-corrected chi connectivity index (χ1v) is 10.6. The molecule has 2 aliphatic rings. The summed E-state index contributed by atoms with van der Waals surface area (Å²) in [6.45, 7) is 4.24. The minimum absolute atomic E-state index is 0.0651. The molecule has 1 amide bonds. The smallest absolute Gasteiger partial charge is 0.225 e. The van der Waals surface area contributed by atoms with Gasteiger partial charge in [0.1, 0.15) is 0 Å². The molecule has 0 aromatic heterocycles. The molecule has 1 aliphatic heterocycles. The summed E-state index contributed by atoms with van der Waals surface area (Å²) >= 11 is 6.19. The van der Waals surface area contributed by atoms with Crippen molar-refractivity contribution in [2.24, 2.45) is 4.99 Å². The average molecular weight is 411 g/mol. The Kier molecular flexibility index (Phi) is 5.76. The van der Waals surface area contributed by atoms with Crippen LogP contribution >= 0.6 is 11.6 Å². The van der Waals surface area contributed by atoms with E-state index in [4.69, 9.17) is 16.6 Å². The van der Waals surface area contributed by atoms with Crippen molar-refractivity contribution in [3.8, 4) is 0 Å². The lowest BCUT2D eigenvalue weighted by atomic mass is 9.90. The summed E-state index contributed by atoms with van der Waals surface area (Å²) in [4.78, 5) is 16.9. The van der Waals surface area contributed by atoms with Crippen molar-refractivity contribution >= 4 is 29.2 Å². The van der Waals surface area contributed by atoms with Gasteiger partial charge < -0.3 is 16.0 Å². The molecule has 1 saturated carbocycles. The van der Waals surface area contributed by atoms with Crippen molar-refractivity contribution < 1.29 is 4.79 Å². The number of guanidine groups is 1. The van der Waals surface area contributed by atoms with E-state index in [0.29, 0.717) is 13.0 Å². The van der Waals surface area contributed by atoms with E-state index in [1.54, 1.807) is 0 Å². The van der Waals surface area contributed by atoms with Gasteiger partial charge in [0.25, 0.3) is 0 Å². The molecule has 1 unspecified atom stereocenters. The third-order valence-corrected chi connectivity index (χ3v) is 6.03. The van der Waals surface area contributed by atoms with Gasteiger partial charge in [-0.3, -0.25) is 9.79 Å². The topological polar surface area (TPSA) is 65.5 Å². The minimum Gasteiger partial charge on any atom is -0.357 e. The summed E-state index contributed by atoms with van der Waals surface area (Å²) in [5.41, 5.74) is 3.45. The highest BCUT2D eigenvalue weighted by atomic mass is 35.5. The molecule has 6 heteroatoms. The first-order valence-electron chi connectivity index (χ1n) is 10.3. The molecular formula is C23H27ClN4O. The van der Waals surface area contributed by atoms with E-state index in [1.807, 2.05) is 30.3 Å². The third kappa shape index (κ3) is 4.56. The number of carbonyl (C=O) groups excluding carboxylic acids is 1. The third-order valence-electron chi connectivity index (χ3n) is 5.80. The zero-order valence-corrected chi connectivity index (χ0v) is 17.4. The number of halogens is 1. The zero-order valence-electron chi connectivity index (χ0n) is 16.7. The maximum absolute atomic E-state index is 12.1. The standard InChI is InChI=1S/C23H27ClN4O/c1-2-25-22(27-15-23(10-11-23)17-6-5-7-18(24)13-17)26-14-16-12-21(29)28-20-9-4-3-8-19(16)20/h3-9,13,16H,2,10-12,14-15H2,1H3,(H,28,29)(H2,25,26,27). The molecule has 152 valence electrons. The molecule has 1 atom stereocenters. The van der Waals surface area contributed by atoms with Crippen molar-refractivity contribution in [1.29, 1.82) is 0 Å². The number of hydrogen-bond donors (Lipinski definition) is 3. The van der Waals surface area contributed by atoms with E-state index in [2.05, 4.69) is 41.1 Å². The number of aliphatic imine (C=N–C) groups is 1. The van der Waals surface area contributed by atoms with Crippen molar-refractivity contribution in [2.75, 3.05) is 25.0 Å². The molecule has 3 N–H and O–H groups in total. The van der Waals surface area contributed by atoms with Crippen LogP contribution in [0.15, 0.2) is 53.5 Å². The van der Waals surface area contributed by atoms with Gasteiger partial charge in [-0.1, -0.05) is 41.9 Å². The lowest BCUT2D eigenvalue weighted by molar-refractivity contribution is -0.116. The number of rotatable bonds is 6. The van der Waals surface area contributed by atoms with Crippen LogP contribution in [0.2, 0.25) is 5.02 Å². The Labute approximate surface area is 177 Å². The van der Waals surface area contributed by atoms with Crippen LogP contribution in [-0.4, -0.2) is 31.5 Å². The second-order valence-corrected chi connectivity index (χ2v) is 8.34. The Hall–Kier alpha value is -2.53. The number of para-hydroxylation sites is 1. The maximum Gasteiger partial charge on any atom is 0.225 e. The number of benzene rings is 2. The predicted molar refractivity (Wildman–Crippen MR) is 119 cm³/mol. The Morgan fingerprint density at radius 3 is 2.79 bits per heavy atom. The van der Waals surface area contributed by atoms with Crippen LogP contribution in [0.1, 0.15) is 43.2 Å². The normalized spacial score (nSPS) is 19.9. The summed E-state index contributed by atoms with van der Waals surface area (Å²) in [6.07, 6.45) is 2.74. The zero-order chi connectivity index (χ0) is 20.3. The SMILES string of the molecule is CCNC(=NCC1(c2cccc(Cl)c2)CC1)NCC1CC(=O)Nc2ccccc21. The fourth-order valence-electron chi connectivity index (χ4n) is 3.98. The Morgan fingerprint density at radius 2 is 2.03 bits per heavy atom. The highest BCUT2D eigenvalue weighted by Crippen LogP contribution is 2.48. The Bertz CT molecular complexity index is 923. The fourth-order valence-corrected chi connectivity index (χ4v) is 4.17. The Morgan fingerprint density at radius 1 is 1.21 bits per heavy atom. The molecule has 0 spiro atoms. The highest BCUT2D eigenvalue weighted by Gasteiger charge is 2.44. The van der Waals surface area contributed by atoms with Crippen LogP contribution in [-0.2, 0) is 10.2 Å². The van der Waals surface area contributed by atoms with Crippen LogP contribution in [0.25, 0.3) is 0 Å². The molecule has 0 saturated heterocycles. The first-order chi connectivity index (χ1) is 14.1. The van der Waals surface area contributed by atoms with E-state index in [-0.39, 0.29) is 17.2 Å². The molecule has 4 rings (SSSR count). The van der Waals surface area contributed by atoms with Gasteiger partial charge in [-0.15, -0.1) is 0 Å². The lowest BCUT2D eigenvalue weighted by Crippen LogP contribution is -2.41. The number of nitrogens with zero attached hydrogens (tertiary/aromatic N) is 1. The number of nitrogens with one attached hydrogen (secondary N) is 3. The summed E-state index contributed by atoms with van der Waals surface area (Å²) < 4.78 is 0. The van der Waals surface area contributed by atoms with Gasteiger partial charge in [-0.2, -0.15) is 0 Å². The van der Waals surface area contributed by atoms with Gasteiger partial charge in [0.2, 0.25) is 5.91 Å². The average Bonchev–Trinajstić information content (AvgIpc) is 3.51. The summed E-state index contributed by atoms with van der Waals surface area (Å²) in [7, 11) is 0. The van der Waals surface area contributed by atoms with Gasteiger partial charge in [0.15, 0.2) is 5.96 Å². The molecule has 29 heavy (non-hydrogen) atoms.